The van der Waals surface area contributed by atoms with Crippen LogP contribution in [0.25, 0.3) is 5.76 Å². The number of aliphatic hydroxyl groups excluding tert-OH is 1. The van der Waals surface area contributed by atoms with E-state index in [0.29, 0.717) is 36.6 Å². The molecule has 2 aromatic carbocycles. The molecule has 1 heterocycles. The Labute approximate surface area is 194 Å². The summed E-state index contributed by atoms with van der Waals surface area (Å²) in [6.45, 7) is 9.25. The Balaban J connectivity index is 2.03. The third-order valence-electron chi connectivity index (χ3n) is 5.88. The summed E-state index contributed by atoms with van der Waals surface area (Å²) >= 11 is 0. The average molecular weight is 453 g/mol. The second kappa shape index (κ2) is 11.0. The number of aromatic hydroxyl groups is 1. The van der Waals surface area contributed by atoms with Crippen molar-refractivity contribution in [2.24, 2.45) is 0 Å². The standard InChI is InChI=1S/C26H32N2O5/c1-4-16-33-21-12-10-18(11-13-21)24(30)22-23(19-8-7-9-20(29)17-19)28(26(32)25(22)31)15-14-27(5-2)6-3/h7-13,17,23,29-30H,4-6,14-16H2,1-3H3/b24-22-. The maximum absolute atomic E-state index is 13.1. The number of benzene rings is 2. The fraction of sp³-hybridized carbons (Fsp3) is 0.385. The fourth-order valence-electron chi connectivity index (χ4n) is 4.03. The molecule has 7 heteroatoms. The number of likely N-dealkylation sites (N-methyl/N-ethyl adjacent to an activating group) is 1. The van der Waals surface area contributed by atoms with Crippen LogP contribution in [-0.4, -0.2) is 64.5 Å². The Bertz CT molecular complexity index is 1010. The van der Waals surface area contributed by atoms with Crippen LogP contribution in [0.1, 0.15) is 44.4 Å². The number of ether oxygens (including phenoxy) is 1. The van der Waals surface area contributed by atoms with Gasteiger partial charge in [-0.15, -0.1) is 0 Å². The zero-order valence-electron chi connectivity index (χ0n) is 19.5. The van der Waals surface area contributed by atoms with Crippen molar-refractivity contribution in [2.45, 2.75) is 33.2 Å². The van der Waals surface area contributed by atoms with Crippen molar-refractivity contribution in [2.75, 3.05) is 32.8 Å². The van der Waals surface area contributed by atoms with E-state index in [9.17, 15) is 19.8 Å². The summed E-state index contributed by atoms with van der Waals surface area (Å²) in [5.74, 6) is -0.933. The second-order valence-corrected chi connectivity index (χ2v) is 7.99. The maximum Gasteiger partial charge on any atom is 0.295 e. The molecule has 1 atom stereocenters. The lowest BCUT2D eigenvalue weighted by atomic mass is 9.95. The minimum atomic E-state index is -0.788. The van der Waals surface area contributed by atoms with E-state index in [-0.39, 0.29) is 17.1 Å². The topological polar surface area (TPSA) is 90.3 Å². The van der Waals surface area contributed by atoms with Crippen LogP contribution in [0, 0.1) is 0 Å². The Morgan fingerprint density at radius 2 is 1.76 bits per heavy atom. The van der Waals surface area contributed by atoms with Crippen LogP contribution in [-0.2, 0) is 9.59 Å². The van der Waals surface area contributed by atoms with Crippen LogP contribution < -0.4 is 4.74 Å². The number of amides is 1. The van der Waals surface area contributed by atoms with Gasteiger partial charge < -0.3 is 24.7 Å². The second-order valence-electron chi connectivity index (χ2n) is 7.99. The molecule has 1 unspecified atom stereocenters. The maximum atomic E-state index is 13.1. The number of rotatable bonds is 10. The number of aliphatic hydroxyl groups is 1. The van der Waals surface area contributed by atoms with E-state index in [2.05, 4.69) is 4.90 Å². The smallest absolute Gasteiger partial charge is 0.295 e. The number of phenols is 1. The first-order valence-corrected chi connectivity index (χ1v) is 11.4. The Morgan fingerprint density at radius 3 is 2.36 bits per heavy atom. The molecule has 0 bridgehead atoms. The molecule has 0 aliphatic carbocycles. The molecule has 0 saturated carbocycles. The zero-order valence-corrected chi connectivity index (χ0v) is 19.5. The van der Waals surface area contributed by atoms with Crippen LogP contribution in [0.5, 0.6) is 11.5 Å². The first-order valence-electron chi connectivity index (χ1n) is 11.4. The van der Waals surface area contributed by atoms with Crippen molar-refractivity contribution in [1.29, 1.82) is 0 Å². The molecular formula is C26H32N2O5. The molecule has 1 saturated heterocycles. The van der Waals surface area contributed by atoms with Crippen molar-refractivity contribution in [3.8, 4) is 11.5 Å². The Kier molecular flexibility index (Phi) is 8.11. The molecule has 33 heavy (non-hydrogen) atoms. The highest BCUT2D eigenvalue weighted by molar-refractivity contribution is 6.46. The molecule has 0 spiro atoms. The molecule has 2 N–H and O–H groups in total. The lowest BCUT2D eigenvalue weighted by Crippen LogP contribution is -2.38. The summed E-state index contributed by atoms with van der Waals surface area (Å²) in [5.41, 5.74) is 1.01. The number of likely N-dealkylation sites (tertiary alicyclic amines) is 1. The molecule has 0 aromatic heterocycles. The monoisotopic (exact) mass is 452 g/mol. The van der Waals surface area contributed by atoms with Gasteiger partial charge in [-0.25, -0.2) is 0 Å². The third kappa shape index (κ3) is 5.37. The van der Waals surface area contributed by atoms with Gasteiger partial charge in [0, 0.05) is 18.7 Å². The molecule has 2 aromatic rings. The van der Waals surface area contributed by atoms with Gasteiger partial charge in [0.15, 0.2) is 0 Å². The number of Topliss-reactive ketones (excluding diaryl/α,β-unsaturated/α-hetero) is 1. The van der Waals surface area contributed by atoms with E-state index in [1.165, 1.54) is 17.0 Å². The fourth-order valence-corrected chi connectivity index (χ4v) is 4.03. The minimum absolute atomic E-state index is 0.0207. The number of nitrogens with zero attached hydrogens (tertiary/aromatic N) is 2. The van der Waals surface area contributed by atoms with Gasteiger partial charge in [-0.05, 0) is 61.5 Å². The minimum Gasteiger partial charge on any atom is -0.508 e. The molecular weight excluding hydrogens is 420 g/mol. The van der Waals surface area contributed by atoms with Crippen molar-refractivity contribution < 1.29 is 24.5 Å². The quantitative estimate of drug-likeness (QED) is 0.322. The van der Waals surface area contributed by atoms with E-state index in [1.54, 1.807) is 36.4 Å². The van der Waals surface area contributed by atoms with Gasteiger partial charge in [-0.3, -0.25) is 9.59 Å². The SMILES string of the molecule is CCCOc1ccc(/C(O)=C2/C(=O)C(=O)N(CCN(CC)CC)C2c2cccc(O)c2)cc1. The molecule has 0 radical (unpaired) electrons. The highest BCUT2D eigenvalue weighted by Crippen LogP contribution is 2.40. The molecule has 176 valence electrons. The van der Waals surface area contributed by atoms with Crippen LogP contribution in [0.3, 0.4) is 0 Å². The molecule has 1 fully saturated rings. The van der Waals surface area contributed by atoms with E-state index < -0.39 is 17.7 Å². The van der Waals surface area contributed by atoms with Crippen LogP contribution >= 0.6 is 0 Å². The molecule has 3 rings (SSSR count). The summed E-state index contributed by atoms with van der Waals surface area (Å²) in [4.78, 5) is 29.7. The number of carbonyl (C=O) groups is 2. The van der Waals surface area contributed by atoms with Crippen molar-refractivity contribution >= 4 is 17.4 Å². The van der Waals surface area contributed by atoms with Gasteiger partial charge in [0.25, 0.3) is 11.7 Å². The number of ketones is 1. The predicted octanol–water partition coefficient (Wildman–Crippen LogP) is 3.94. The first kappa shape index (κ1) is 24.3. The number of carbonyl (C=O) groups excluding carboxylic acids is 2. The average Bonchev–Trinajstić information content (AvgIpc) is 3.08. The number of phenolic OH excluding ortho intramolecular Hbond substituents is 1. The van der Waals surface area contributed by atoms with Gasteiger partial charge >= 0.3 is 0 Å². The zero-order chi connectivity index (χ0) is 24.0. The lowest BCUT2D eigenvalue weighted by molar-refractivity contribution is -0.140. The van der Waals surface area contributed by atoms with Crippen LogP contribution in [0.4, 0.5) is 0 Å². The largest absolute Gasteiger partial charge is 0.508 e. The molecule has 1 aliphatic rings. The van der Waals surface area contributed by atoms with E-state index in [0.717, 1.165) is 19.5 Å². The normalized spacial score (nSPS) is 17.7. The highest BCUT2D eigenvalue weighted by atomic mass is 16.5. The van der Waals surface area contributed by atoms with E-state index in [1.807, 2.05) is 20.8 Å². The highest BCUT2D eigenvalue weighted by Gasteiger charge is 2.46. The van der Waals surface area contributed by atoms with Gasteiger partial charge in [0.1, 0.15) is 17.3 Å². The Hall–Kier alpha value is -3.32. The van der Waals surface area contributed by atoms with Crippen LogP contribution in [0.2, 0.25) is 0 Å². The van der Waals surface area contributed by atoms with Gasteiger partial charge in [0.2, 0.25) is 0 Å². The van der Waals surface area contributed by atoms with E-state index in [4.69, 9.17) is 4.74 Å². The molecule has 7 nitrogen and oxygen atoms in total. The predicted molar refractivity (Wildman–Crippen MR) is 127 cm³/mol. The van der Waals surface area contributed by atoms with Crippen molar-refractivity contribution in [3.63, 3.8) is 0 Å². The summed E-state index contributed by atoms with van der Waals surface area (Å²) < 4.78 is 5.59. The summed E-state index contributed by atoms with van der Waals surface area (Å²) in [6, 6.07) is 12.5. The third-order valence-corrected chi connectivity index (χ3v) is 5.88. The molecule has 1 amide bonds. The van der Waals surface area contributed by atoms with Gasteiger partial charge in [-0.2, -0.15) is 0 Å². The lowest BCUT2D eigenvalue weighted by Gasteiger charge is -2.28. The summed E-state index contributed by atoms with van der Waals surface area (Å²) in [7, 11) is 0. The van der Waals surface area contributed by atoms with Crippen molar-refractivity contribution in [1.82, 2.24) is 9.80 Å². The van der Waals surface area contributed by atoms with E-state index >= 15 is 0 Å². The first-order chi connectivity index (χ1) is 15.9. The summed E-state index contributed by atoms with van der Waals surface area (Å²) in [6.07, 6.45) is 0.878. The van der Waals surface area contributed by atoms with Gasteiger partial charge in [-0.1, -0.05) is 32.9 Å². The molecule has 1 aliphatic heterocycles. The van der Waals surface area contributed by atoms with Gasteiger partial charge in [0.05, 0.1) is 18.2 Å². The van der Waals surface area contributed by atoms with Crippen LogP contribution in [0.15, 0.2) is 54.1 Å². The summed E-state index contributed by atoms with van der Waals surface area (Å²) in [5, 5.41) is 21.2. The number of hydrogen-bond acceptors (Lipinski definition) is 6. The Morgan fingerprint density at radius 1 is 1.06 bits per heavy atom. The number of hydrogen-bond donors (Lipinski definition) is 2. The van der Waals surface area contributed by atoms with Crippen molar-refractivity contribution in [3.05, 3.63) is 65.2 Å².